The quantitative estimate of drug-likeness (QED) is 0.507. The zero-order valence-electron chi connectivity index (χ0n) is 21.2. The fourth-order valence-electron chi connectivity index (χ4n) is 4.15. The molecule has 2 heterocycles. The van der Waals surface area contributed by atoms with Gasteiger partial charge in [-0.1, -0.05) is 42.5 Å². The highest BCUT2D eigenvalue weighted by molar-refractivity contribution is 6.06. The lowest BCUT2D eigenvalue weighted by Gasteiger charge is -2.25. The Morgan fingerprint density at radius 2 is 1.00 bits per heavy atom. The highest BCUT2D eigenvalue weighted by atomic mass is 16.2. The molecule has 0 saturated carbocycles. The number of anilines is 2. The standard InChI is InChI=1S/C28H34N6O2/c1-32-15-17-33(2)19-21-9-4-6-11-23(21)30-27(35)25-13-8-14-26(29-25)28(36)31-24-12-7-5-10-22(24)20-34(3)18-16-32/h4-14H,15-20H2,1-3H3,(H,30,35)(H,31,36). The Morgan fingerprint density at radius 3 is 1.47 bits per heavy atom. The monoisotopic (exact) mass is 486 g/mol. The third kappa shape index (κ3) is 6.75. The van der Waals surface area contributed by atoms with Crippen LogP contribution < -0.4 is 10.6 Å². The Balaban J connectivity index is 1.64. The number of carbonyl (C=O) groups excluding carboxylic acids is 2. The van der Waals surface area contributed by atoms with E-state index in [4.69, 9.17) is 0 Å². The molecule has 188 valence electrons. The average Bonchev–Trinajstić information content (AvgIpc) is 2.88. The Labute approximate surface area is 212 Å². The lowest BCUT2D eigenvalue weighted by molar-refractivity contribution is 0.101. The van der Waals surface area contributed by atoms with E-state index in [2.05, 4.69) is 51.5 Å². The minimum absolute atomic E-state index is 0.190. The van der Waals surface area contributed by atoms with Gasteiger partial charge >= 0.3 is 0 Å². The number of aromatic nitrogens is 1. The van der Waals surface area contributed by atoms with Gasteiger partial charge in [0.15, 0.2) is 0 Å². The van der Waals surface area contributed by atoms with Crippen LogP contribution in [0.4, 0.5) is 11.4 Å². The lowest BCUT2D eigenvalue weighted by atomic mass is 10.1. The summed E-state index contributed by atoms with van der Waals surface area (Å²) in [4.78, 5) is 37.3. The molecule has 8 nitrogen and oxygen atoms in total. The Hall–Kier alpha value is -3.59. The number of carbonyl (C=O) groups is 2. The van der Waals surface area contributed by atoms with Crippen LogP contribution in [-0.4, -0.2) is 78.8 Å². The molecule has 0 fully saturated rings. The first-order valence-corrected chi connectivity index (χ1v) is 12.2. The molecule has 36 heavy (non-hydrogen) atoms. The molecule has 0 spiro atoms. The molecule has 3 aromatic rings. The molecule has 0 aliphatic carbocycles. The van der Waals surface area contributed by atoms with Crippen molar-refractivity contribution in [2.24, 2.45) is 0 Å². The predicted octanol–water partition coefficient (Wildman–Crippen LogP) is 3.40. The highest BCUT2D eigenvalue weighted by Crippen LogP contribution is 2.20. The first-order chi connectivity index (χ1) is 17.4. The molecule has 0 radical (unpaired) electrons. The summed E-state index contributed by atoms with van der Waals surface area (Å²) in [6.07, 6.45) is 0. The van der Waals surface area contributed by atoms with E-state index in [0.29, 0.717) is 13.1 Å². The molecule has 8 heteroatoms. The van der Waals surface area contributed by atoms with Gasteiger partial charge in [0.05, 0.1) is 0 Å². The van der Waals surface area contributed by atoms with Crippen molar-refractivity contribution in [2.75, 3.05) is 58.0 Å². The van der Waals surface area contributed by atoms with Crippen molar-refractivity contribution in [1.29, 1.82) is 0 Å². The summed E-state index contributed by atoms with van der Waals surface area (Å²) >= 11 is 0. The smallest absolute Gasteiger partial charge is 0.274 e. The summed E-state index contributed by atoms with van der Waals surface area (Å²) in [6.45, 7) is 5.08. The summed E-state index contributed by atoms with van der Waals surface area (Å²) in [5.74, 6) is -0.702. The van der Waals surface area contributed by atoms with Gasteiger partial charge in [0.1, 0.15) is 11.4 Å². The first kappa shape index (κ1) is 25.5. The predicted molar refractivity (Wildman–Crippen MR) is 143 cm³/mol. The van der Waals surface area contributed by atoms with Crippen LogP contribution in [-0.2, 0) is 13.1 Å². The molecule has 2 N–H and O–H groups in total. The van der Waals surface area contributed by atoms with Gasteiger partial charge < -0.3 is 25.3 Å². The maximum absolute atomic E-state index is 13.1. The van der Waals surface area contributed by atoms with E-state index >= 15 is 0 Å². The normalized spacial score (nSPS) is 17.4. The van der Waals surface area contributed by atoms with Crippen molar-refractivity contribution in [2.45, 2.75) is 13.1 Å². The number of benzene rings is 2. The number of pyridine rings is 1. The molecule has 0 unspecified atom stereocenters. The molecule has 2 bridgehead atoms. The van der Waals surface area contributed by atoms with Crippen molar-refractivity contribution in [1.82, 2.24) is 19.7 Å². The molecule has 4 rings (SSSR count). The van der Waals surface area contributed by atoms with Crippen LogP contribution in [0, 0.1) is 0 Å². The van der Waals surface area contributed by atoms with Gasteiger partial charge in [-0.25, -0.2) is 4.98 Å². The number of likely N-dealkylation sites (N-methyl/N-ethyl adjacent to an activating group) is 3. The third-order valence-electron chi connectivity index (χ3n) is 6.35. The Morgan fingerprint density at radius 1 is 0.583 bits per heavy atom. The fraction of sp³-hybridized carbons (Fsp3) is 0.321. The van der Waals surface area contributed by atoms with E-state index in [0.717, 1.165) is 48.7 Å². The van der Waals surface area contributed by atoms with E-state index in [1.54, 1.807) is 18.2 Å². The van der Waals surface area contributed by atoms with Gasteiger partial charge in [0, 0.05) is 50.6 Å². The number of nitrogens with one attached hydrogen (secondary N) is 2. The summed E-state index contributed by atoms with van der Waals surface area (Å²) in [7, 11) is 6.31. The van der Waals surface area contributed by atoms with Crippen LogP contribution in [0.1, 0.15) is 32.1 Å². The van der Waals surface area contributed by atoms with Crippen LogP contribution >= 0.6 is 0 Å². The number of fused-ring (bicyclic) bond motifs is 4. The Kier molecular flexibility index (Phi) is 8.43. The van der Waals surface area contributed by atoms with Crippen molar-refractivity contribution in [3.63, 3.8) is 0 Å². The van der Waals surface area contributed by atoms with Gasteiger partial charge in [0.25, 0.3) is 11.8 Å². The second-order valence-electron chi connectivity index (χ2n) is 9.41. The van der Waals surface area contributed by atoms with Crippen molar-refractivity contribution < 1.29 is 9.59 Å². The van der Waals surface area contributed by atoms with Crippen molar-refractivity contribution >= 4 is 23.2 Å². The van der Waals surface area contributed by atoms with Gasteiger partial charge in [-0.3, -0.25) is 9.59 Å². The second-order valence-corrected chi connectivity index (χ2v) is 9.41. The minimum atomic E-state index is -0.351. The van der Waals surface area contributed by atoms with Crippen LogP contribution in [0.3, 0.4) is 0 Å². The number of hydrogen-bond donors (Lipinski definition) is 2. The molecule has 0 atom stereocenters. The minimum Gasteiger partial charge on any atom is -0.320 e. The van der Waals surface area contributed by atoms with E-state index in [9.17, 15) is 9.59 Å². The largest absolute Gasteiger partial charge is 0.320 e. The van der Waals surface area contributed by atoms with Crippen molar-refractivity contribution in [3.8, 4) is 0 Å². The molecule has 1 aliphatic rings. The maximum Gasteiger partial charge on any atom is 0.274 e. The molecule has 1 aromatic heterocycles. The number of nitrogens with zero attached hydrogens (tertiary/aromatic N) is 4. The van der Waals surface area contributed by atoms with Crippen molar-refractivity contribution in [3.05, 3.63) is 89.2 Å². The van der Waals surface area contributed by atoms with Gasteiger partial charge in [0.2, 0.25) is 0 Å². The molecule has 0 saturated heterocycles. The van der Waals surface area contributed by atoms with E-state index in [1.165, 1.54) is 0 Å². The number of amides is 2. The molecular formula is C28H34N6O2. The number of para-hydroxylation sites is 2. The van der Waals surface area contributed by atoms with E-state index in [-0.39, 0.29) is 23.2 Å². The summed E-state index contributed by atoms with van der Waals surface area (Å²) in [5.41, 5.74) is 3.91. The molecule has 2 amide bonds. The first-order valence-electron chi connectivity index (χ1n) is 12.2. The van der Waals surface area contributed by atoms with Gasteiger partial charge in [-0.05, 0) is 56.5 Å². The van der Waals surface area contributed by atoms with Gasteiger partial charge in [-0.15, -0.1) is 0 Å². The van der Waals surface area contributed by atoms with E-state index in [1.807, 2.05) is 48.5 Å². The molecular weight excluding hydrogens is 452 g/mol. The highest BCUT2D eigenvalue weighted by Gasteiger charge is 2.16. The van der Waals surface area contributed by atoms with Crippen LogP contribution in [0.5, 0.6) is 0 Å². The second kappa shape index (κ2) is 11.9. The molecule has 1 aliphatic heterocycles. The zero-order valence-corrected chi connectivity index (χ0v) is 21.2. The number of rotatable bonds is 0. The maximum atomic E-state index is 13.1. The summed E-state index contributed by atoms with van der Waals surface area (Å²) < 4.78 is 0. The molecule has 2 aromatic carbocycles. The SMILES string of the molecule is CN1CCN(C)Cc2ccccc2NC(=O)c2cccc(n2)C(=O)Nc2ccccc2CN(C)CC1. The topological polar surface area (TPSA) is 80.8 Å². The van der Waals surface area contributed by atoms with Gasteiger partial charge in [-0.2, -0.15) is 0 Å². The lowest BCUT2D eigenvalue weighted by Crippen LogP contribution is -2.35. The summed E-state index contributed by atoms with van der Waals surface area (Å²) in [6, 6.07) is 20.5. The van der Waals surface area contributed by atoms with Crippen LogP contribution in [0.15, 0.2) is 66.7 Å². The van der Waals surface area contributed by atoms with Crippen LogP contribution in [0.25, 0.3) is 0 Å². The number of hydrogen-bond acceptors (Lipinski definition) is 6. The third-order valence-corrected chi connectivity index (χ3v) is 6.35. The summed E-state index contributed by atoms with van der Waals surface area (Å²) in [5, 5.41) is 5.96. The van der Waals surface area contributed by atoms with E-state index < -0.39 is 0 Å². The zero-order chi connectivity index (χ0) is 25.5. The fourth-order valence-corrected chi connectivity index (χ4v) is 4.15. The average molecular weight is 487 g/mol. The van der Waals surface area contributed by atoms with Crippen LogP contribution in [0.2, 0.25) is 0 Å². The Bertz CT molecular complexity index is 1130.